The molecule has 4 rings (SSSR count). The number of ether oxygens (including phenoxy) is 1. The molecule has 2 aliphatic rings. The highest BCUT2D eigenvalue weighted by atomic mass is 32.2. The maximum Gasteiger partial charge on any atom is 0.227 e. The van der Waals surface area contributed by atoms with Crippen molar-refractivity contribution in [1.82, 2.24) is 10.2 Å². The zero-order valence-electron chi connectivity index (χ0n) is 17.2. The SMILES string of the molecule is COc1ccccc1C1C(C#N)=C(N)N(c2nnc(SCC(N)=O)s2)C2=C1C(=O)CCC2. The fourth-order valence-electron chi connectivity index (χ4n) is 4.00. The van der Waals surface area contributed by atoms with Crippen molar-refractivity contribution < 1.29 is 14.3 Å². The number of anilines is 1. The quantitative estimate of drug-likeness (QED) is 0.610. The predicted octanol–water partition coefficient (Wildman–Crippen LogP) is 2.43. The summed E-state index contributed by atoms with van der Waals surface area (Å²) in [4.78, 5) is 25.9. The number of primary amides is 1. The molecule has 0 saturated heterocycles. The summed E-state index contributed by atoms with van der Waals surface area (Å²) in [5.41, 5.74) is 14.0. The van der Waals surface area contributed by atoms with E-state index >= 15 is 0 Å². The van der Waals surface area contributed by atoms with Crippen LogP contribution in [0.2, 0.25) is 0 Å². The highest BCUT2D eigenvalue weighted by molar-refractivity contribution is 8.01. The molecule has 0 bridgehead atoms. The van der Waals surface area contributed by atoms with Gasteiger partial charge in [0.25, 0.3) is 0 Å². The first-order chi connectivity index (χ1) is 15.5. The second kappa shape index (κ2) is 9.02. The Morgan fingerprint density at radius 1 is 1.38 bits per heavy atom. The van der Waals surface area contributed by atoms with Gasteiger partial charge in [0.1, 0.15) is 11.6 Å². The van der Waals surface area contributed by atoms with Gasteiger partial charge in [-0.1, -0.05) is 41.3 Å². The van der Waals surface area contributed by atoms with Gasteiger partial charge in [-0.05, 0) is 18.9 Å². The van der Waals surface area contributed by atoms with Crippen LogP contribution < -0.4 is 21.1 Å². The summed E-state index contributed by atoms with van der Waals surface area (Å²) < 4.78 is 6.06. The van der Waals surface area contributed by atoms with E-state index in [1.54, 1.807) is 18.1 Å². The average molecular weight is 469 g/mol. The molecule has 2 aromatic rings. The van der Waals surface area contributed by atoms with Crippen molar-refractivity contribution in [3.8, 4) is 11.8 Å². The normalized spacial score (nSPS) is 18.4. The van der Waals surface area contributed by atoms with E-state index in [0.29, 0.717) is 45.6 Å². The molecule has 164 valence electrons. The lowest BCUT2D eigenvalue weighted by atomic mass is 9.75. The van der Waals surface area contributed by atoms with Gasteiger partial charge >= 0.3 is 0 Å². The number of rotatable bonds is 6. The average Bonchev–Trinajstić information content (AvgIpc) is 3.25. The van der Waals surface area contributed by atoms with Crippen LogP contribution in [0.5, 0.6) is 5.75 Å². The lowest BCUT2D eigenvalue weighted by Gasteiger charge is -2.38. The lowest BCUT2D eigenvalue weighted by Crippen LogP contribution is -2.38. The fraction of sp³-hybridized carbons (Fsp3) is 0.286. The Hall–Kier alpha value is -3.36. The van der Waals surface area contributed by atoms with Gasteiger partial charge in [-0.3, -0.25) is 14.5 Å². The first kappa shape index (κ1) is 21.9. The van der Waals surface area contributed by atoms with Crippen LogP contribution in [0.3, 0.4) is 0 Å². The van der Waals surface area contributed by atoms with Gasteiger partial charge in [0.2, 0.25) is 11.0 Å². The third-order valence-electron chi connectivity index (χ3n) is 5.29. The third kappa shape index (κ3) is 3.83. The molecule has 0 saturated carbocycles. The summed E-state index contributed by atoms with van der Waals surface area (Å²) in [6.07, 6.45) is 1.67. The molecule has 0 radical (unpaired) electrons. The number of nitriles is 1. The summed E-state index contributed by atoms with van der Waals surface area (Å²) in [7, 11) is 1.55. The molecule has 9 nitrogen and oxygen atoms in total. The van der Waals surface area contributed by atoms with Crippen molar-refractivity contribution in [2.45, 2.75) is 29.5 Å². The standard InChI is InChI=1S/C21H20N6O3S2/c1-30-15-8-3-2-5-11(15)17-12(9-22)19(24)27(13-6-4-7-14(28)18(13)17)20-25-26-21(32-20)31-10-16(23)29/h2-3,5,8,17H,4,6-7,10,24H2,1H3,(H2,23,29). The van der Waals surface area contributed by atoms with Crippen molar-refractivity contribution >= 4 is 39.9 Å². The number of nitrogens with two attached hydrogens (primary N) is 2. The van der Waals surface area contributed by atoms with E-state index in [9.17, 15) is 14.9 Å². The molecule has 1 aliphatic carbocycles. The Morgan fingerprint density at radius 3 is 2.88 bits per heavy atom. The highest BCUT2D eigenvalue weighted by Crippen LogP contribution is 2.48. The number of para-hydroxylation sites is 1. The number of Topliss-reactive ketones (excluding diaryl/α,β-unsaturated/α-hetero) is 1. The maximum atomic E-state index is 13.2. The van der Waals surface area contributed by atoms with Crippen LogP contribution in [0.4, 0.5) is 5.13 Å². The minimum Gasteiger partial charge on any atom is -0.496 e. The number of hydrogen-bond acceptors (Lipinski definition) is 10. The Balaban J connectivity index is 1.86. The van der Waals surface area contributed by atoms with Gasteiger partial charge in [0.15, 0.2) is 10.1 Å². The van der Waals surface area contributed by atoms with Crippen LogP contribution in [0.15, 0.2) is 51.3 Å². The molecule has 0 fully saturated rings. The summed E-state index contributed by atoms with van der Waals surface area (Å²) in [6, 6.07) is 9.54. The van der Waals surface area contributed by atoms with Crippen LogP contribution >= 0.6 is 23.1 Å². The molecule has 11 heteroatoms. The number of thioether (sulfide) groups is 1. The van der Waals surface area contributed by atoms with Crippen LogP contribution in [-0.2, 0) is 9.59 Å². The van der Waals surface area contributed by atoms with Crippen molar-refractivity contribution in [2.24, 2.45) is 11.5 Å². The van der Waals surface area contributed by atoms with E-state index in [-0.39, 0.29) is 22.9 Å². The smallest absolute Gasteiger partial charge is 0.227 e. The number of benzene rings is 1. The van der Waals surface area contributed by atoms with Crippen molar-refractivity contribution in [2.75, 3.05) is 17.8 Å². The van der Waals surface area contributed by atoms with E-state index in [0.717, 1.165) is 5.70 Å². The fourth-order valence-corrected chi connectivity index (χ4v) is 5.62. The molecule has 1 aromatic carbocycles. The minimum absolute atomic E-state index is 0.0275. The highest BCUT2D eigenvalue weighted by Gasteiger charge is 2.42. The van der Waals surface area contributed by atoms with Crippen molar-refractivity contribution in [3.05, 3.63) is 52.5 Å². The third-order valence-corrected chi connectivity index (χ3v) is 7.35. The topological polar surface area (TPSA) is 148 Å². The first-order valence-corrected chi connectivity index (χ1v) is 11.6. The van der Waals surface area contributed by atoms with Crippen molar-refractivity contribution in [3.63, 3.8) is 0 Å². The number of carbonyl (C=O) groups excluding carboxylic acids is 2. The zero-order valence-corrected chi connectivity index (χ0v) is 18.8. The van der Waals surface area contributed by atoms with Gasteiger partial charge in [-0.15, -0.1) is 10.2 Å². The molecule has 1 amide bonds. The van der Waals surface area contributed by atoms with Crippen LogP contribution in [0.1, 0.15) is 30.7 Å². The number of hydrogen-bond donors (Lipinski definition) is 2. The molecule has 1 aromatic heterocycles. The summed E-state index contributed by atoms with van der Waals surface area (Å²) in [5, 5.41) is 18.8. The molecule has 32 heavy (non-hydrogen) atoms. The Labute approximate surface area is 192 Å². The van der Waals surface area contributed by atoms with E-state index in [1.165, 1.54) is 23.1 Å². The molecular formula is C21H20N6O3S2. The second-order valence-electron chi connectivity index (χ2n) is 7.16. The Bertz CT molecular complexity index is 1200. The van der Waals surface area contributed by atoms with E-state index in [4.69, 9.17) is 16.2 Å². The Morgan fingerprint density at radius 2 is 2.16 bits per heavy atom. The summed E-state index contributed by atoms with van der Waals surface area (Å²) in [6.45, 7) is 0. The number of amides is 1. The van der Waals surface area contributed by atoms with Crippen LogP contribution in [0, 0.1) is 11.3 Å². The van der Waals surface area contributed by atoms with E-state index < -0.39 is 11.8 Å². The molecule has 1 aliphatic heterocycles. The number of ketones is 1. The molecule has 0 spiro atoms. The lowest BCUT2D eigenvalue weighted by molar-refractivity contribution is -0.116. The number of carbonyl (C=O) groups is 2. The second-order valence-corrected chi connectivity index (χ2v) is 9.34. The summed E-state index contributed by atoms with van der Waals surface area (Å²) >= 11 is 2.40. The maximum absolute atomic E-state index is 13.2. The number of nitrogens with zero attached hydrogens (tertiary/aromatic N) is 4. The van der Waals surface area contributed by atoms with Crippen LogP contribution in [0.25, 0.3) is 0 Å². The predicted molar refractivity (Wildman–Crippen MR) is 121 cm³/mol. The van der Waals surface area contributed by atoms with Crippen LogP contribution in [-0.4, -0.2) is 34.8 Å². The monoisotopic (exact) mass is 468 g/mol. The molecule has 1 atom stereocenters. The van der Waals surface area contributed by atoms with Crippen molar-refractivity contribution in [1.29, 1.82) is 5.26 Å². The van der Waals surface area contributed by atoms with E-state index in [1.807, 2.05) is 18.2 Å². The number of aromatic nitrogens is 2. The Kier molecular flexibility index (Phi) is 6.16. The first-order valence-electron chi connectivity index (χ1n) is 9.79. The van der Waals surface area contributed by atoms with Gasteiger partial charge in [0, 0.05) is 23.3 Å². The van der Waals surface area contributed by atoms with Gasteiger partial charge in [0.05, 0.1) is 30.4 Å². The van der Waals surface area contributed by atoms with Gasteiger partial charge in [-0.25, -0.2) is 0 Å². The number of allylic oxidation sites excluding steroid dienone is 3. The van der Waals surface area contributed by atoms with Gasteiger partial charge in [-0.2, -0.15) is 5.26 Å². The molecule has 4 N–H and O–H groups in total. The number of methoxy groups -OCH3 is 1. The molecule has 1 unspecified atom stereocenters. The summed E-state index contributed by atoms with van der Waals surface area (Å²) in [5.74, 6) is -0.242. The van der Waals surface area contributed by atoms with E-state index in [2.05, 4.69) is 16.3 Å². The largest absolute Gasteiger partial charge is 0.496 e. The zero-order chi connectivity index (χ0) is 22.8. The minimum atomic E-state index is -0.619. The van der Waals surface area contributed by atoms with Gasteiger partial charge < -0.3 is 16.2 Å². The molecule has 2 heterocycles. The molecular weight excluding hydrogens is 448 g/mol.